The van der Waals surface area contributed by atoms with Gasteiger partial charge in [-0.1, -0.05) is 6.08 Å². The first-order chi connectivity index (χ1) is 7.58. The van der Waals surface area contributed by atoms with E-state index in [9.17, 15) is 9.59 Å². The van der Waals surface area contributed by atoms with Crippen molar-refractivity contribution in [2.45, 2.75) is 31.0 Å². The standard InChI is InChI=1S/C11H12O5/c12-8(13)2-3-10-5-7-1-4-11(10,16-7)6-15-9(10)14/h1,4,7H,2-3,5-6H2,(H,12,13). The molecule has 2 saturated heterocycles. The van der Waals surface area contributed by atoms with Crippen LogP contribution in [0.15, 0.2) is 12.2 Å². The Labute approximate surface area is 92.0 Å². The summed E-state index contributed by atoms with van der Waals surface area (Å²) in [5.41, 5.74) is -1.45. The van der Waals surface area contributed by atoms with E-state index in [1.54, 1.807) is 0 Å². The molecule has 5 nitrogen and oxygen atoms in total. The van der Waals surface area contributed by atoms with Gasteiger partial charge in [0.25, 0.3) is 0 Å². The minimum Gasteiger partial charge on any atom is -0.481 e. The molecule has 5 heteroatoms. The number of hydrogen-bond donors (Lipinski definition) is 1. The topological polar surface area (TPSA) is 72.8 Å². The van der Waals surface area contributed by atoms with E-state index in [-0.39, 0.29) is 25.1 Å². The summed E-state index contributed by atoms with van der Waals surface area (Å²) in [6, 6.07) is 0. The fourth-order valence-electron chi connectivity index (χ4n) is 3.03. The van der Waals surface area contributed by atoms with E-state index in [1.165, 1.54) is 0 Å². The largest absolute Gasteiger partial charge is 0.481 e. The Morgan fingerprint density at radius 3 is 3.12 bits per heavy atom. The van der Waals surface area contributed by atoms with Gasteiger partial charge in [-0.25, -0.2) is 0 Å². The summed E-state index contributed by atoms with van der Waals surface area (Å²) < 4.78 is 10.8. The quantitative estimate of drug-likeness (QED) is 0.558. The van der Waals surface area contributed by atoms with Crippen LogP contribution in [0, 0.1) is 5.41 Å². The van der Waals surface area contributed by atoms with Crippen molar-refractivity contribution in [1.82, 2.24) is 0 Å². The molecule has 16 heavy (non-hydrogen) atoms. The monoisotopic (exact) mass is 224 g/mol. The number of fused-ring (bicyclic) bond motifs is 1. The normalized spacial score (nSPS) is 43.5. The molecule has 0 aromatic rings. The van der Waals surface area contributed by atoms with E-state index < -0.39 is 17.0 Å². The fourth-order valence-corrected chi connectivity index (χ4v) is 3.03. The molecule has 86 valence electrons. The van der Waals surface area contributed by atoms with Gasteiger partial charge in [0.15, 0.2) is 0 Å². The third-order valence-electron chi connectivity index (χ3n) is 3.88. The lowest BCUT2D eigenvalue weighted by Crippen LogP contribution is -2.44. The van der Waals surface area contributed by atoms with E-state index in [0.717, 1.165) is 0 Å². The van der Waals surface area contributed by atoms with Crippen LogP contribution < -0.4 is 0 Å². The van der Waals surface area contributed by atoms with Crippen LogP contribution in [0.25, 0.3) is 0 Å². The molecule has 0 amide bonds. The Morgan fingerprint density at radius 1 is 1.62 bits per heavy atom. The molecule has 3 aliphatic rings. The molecule has 3 atom stereocenters. The zero-order valence-corrected chi connectivity index (χ0v) is 8.64. The highest BCUT2D eigenvalue weighted by Gasteiger charge is 2.69. The lowest BCUT2D eigenvalue weighted by molar-refractivity contribution is -0.147. The molecule has 0 aliphatic carbocycles. The molecule has 3 rings (SSSR count). The molecular weight excluding hydrogens is 212 g/mol. The third-order valence-corrected chi connectivity index (χ3v) is 3.88. The second-order valence-electron chi connectivity index (χ2n) is 4.66. The first kappa shape index (κ1) is 9.84. The SMILES string of the molecule is O=C(O)CCC12CC3C=CC1(COC2=O)O3. The first-order valence-electron chi connectivity index (χ1n) is 5.34. The van der Waals surface area contributed by atoms with Crippen LogP contribution in [0.3, 0.4) is 0 Å². The van der Waals surface area contributed by atoms with E-state index in [1.807, 2.05) is 12.2 Å². The third kappa shape index (κ3) is 0.988. The number of carbonyl (C=O) groups is 2. The second-order valence-corrected chi connectivity index (χ2v) is 4.66. The molecule has 3 heterocycles. The van der Waals surface area contributed by atoms with Gasteiger partial charge >= 0.3 is 11.9 Å². The molecule has 0 radical (unpaired) electrons. The van der Waals surface area contributed by atoms with Crippen LogP contribution in [0.2, 0.25) is 0 Å². The summed E-state index contributed by atoms with van der Waals surface area (Å²) in [6.45, 7) is 0.221. The average molecular weight is 224 g/mol. The molecule has 0 aromatic carbocycles. The highest BCUT2D eigenvalue weighted by Crippen LogP contribution is 2.58. The van der Waals surface area contributed by atoms with Gasteiger partial charge in [0, 0.05) is 6.42 Å². The lowest BCUT2D eigenvalue weighted by Gasteiger charge is -2.31. The minimum atomic E-state index is -0.893. The van der Waals surface area contributed by atoms with Crippen molar-refractivity contribution in [2.75, 3.05) is 6.61 Å². The molecule has 1 N–H and O–H groups in total. The van der Waals surface area contributed by atoms with Crippen LogP contribution in [0.1, 0.15) is 19.3 Å². The van der Waals surface area contributed by atoms with Crippen molar-refractivity contribution >= 4 is 11.9 Å². The van der Waals surface area contributed by atoms with Gasteiger partial charge < -0.3 is 14.6 Å². The number of carbonyl (C=O) groups excluding carboxylic acids is 1. The summed E-state index contributed by atoms with van der Waals surface area (Å²) >= 11 is 0. The number of ether oxygens (including phenoxy) is 2. The van der Waals surface area contributed by atoms with E-state index >= 15 is 0 Å². The number of carboxylic acids is 1. The van der Waals surface area contributed by atoms with E-state index in [2.05, 4.69) is 0 Å². The average Bonchev–Trinajstić information content (AvgIpc) is 2.85. The number of hydrogen-bond acceptors (Lipinski definition) is 4. The van der Waals surface area contributed by atoms with Gasteiger partial charge in [-0.2, -0.15) is 0 Å². The number of esters is 1. The van der Waals surface area contributed by atoms with Crippen molar-refractivity contribution in [3.63, 3.8) is 0 Å². The smallest absolute Gasteiger partial charge is 0.315 e. The maximum absolute atomic E-state index is 11.8. The zero-order chi connectivity index (χ0) is 11.4. The summed E-state index contributed by atoms with van der Waals surface area (Å²) in [5.74, 6) is -1.20. The van der Waals surface area contributed by atoms with Crippen LogP contribution in [-0.4, -0.2) is 35.4 Å². The summed E-state index contributed by atoms with van der Waals surface area (Å²) in [7, 11) is 0. The highest BCUT2D eigenvalue weighted by atomic mass is 16.6. The summed E-state index contributed by atoms with van der Waals surface area (Å²) in [6.07, 6.45) is 4.56. The molecule has 2 fully saturated rings. The van der Waals surface area contributed by atoms with Crippen LogP contribution >= 0.6 is 0 Å². The van der Waals surface area contributed by atoms with Gasteiger partial charge in [0.2, 0.25) is 0 Å². The van der Waals surface area contributed by atoms with Gasteiger partial charge in [-0.05, 0) is 18.9 Å². The number of rotatable bonds is 3. The van der Waals surface area contributed by atoms with Gasteiger partial charge in [0.1, 0.15) is 17.6 Å². The second kappa shape index (κ2) is 2.85. The van der Waals surface area contributed by atoms with Crippen molar-refractivity contribution < 1.29 is 24.2 Å². The van der Waals surface area contributed by atoms with Crippen LogP contribution in [0.5, 0.6) is 0 Å². The Bertz CT molecular complexity index is 401. The molecule has 3 unspecified atom stereocenters. The van der Waals surface area contributed by atoms with Crippen LogP contribution in [0.4, 0.5) is 0 Å². The Kier molecular flexibility index (Phi) is 1.75. The maximum Gasteiger partial charge on any atom is 0.315 e. The molecular formula is C11H12O5. The molecule has 2 bridgehead atoms. The first-order valence-corrected chi connectivity index (χ1v) is 5.34. The molecule has 0 aromatic heterocycles. The van der Waals surface area contributed by atoms with Crippen molar-refractivity contribution in [3.8, 4) is 0 Å². The van der Waals surface area contributed by atoms with Crippen LogP contribution in [-0.2, 0) is 19.1 Å². The maximum atomic E-state index is 11.8. The van der Waals surface area contributed by atoms with E-state index in [0.29, 0.717) is 12.8 Å². The highest BCUT2D eigenvalue weighted by molar-refractivity contribution is 5.83. The predicted molar refractivity (Wildman–Crippen MR) is 51.6 cm³/mol. The number of aliphatic carboxylic acids is 1. The number of carboxylic acid groups (broad SMARTS) is 1. The minimum absolute atomic E-state index is 0.0270. The predicted octanol–water partition coefficient (Wildman–Crippen LogP) is 0.492. The Hall–Kier alpha value is -1.36. The zero-order valence-electron chi connectivity index (χ0n) is 8.64. The van der Waals surface area contributed by atoms with Gasteiger partial charge in [-0.15, -0.1) is 0 Å². The molecule has 0 saturated carbocycles. The molecule has 1 spiro atoms. The fraction of sp³-hybridized carbons (Fsp3) is 0.636. The Morgan fingerprint density at radius 2 is 2.44 bits per heavy atom. The summed E-state index contributed by atoms with van der Waals surface area (Å²) in [4.78, 5) is 22.5. The lowest BCUT2D eigenvalue weighted by atomic mass is 9.67. The van der Waals surface area contributed by atoms with Gasteiger partial charge in [0.05, 0.1) is 6.10 Å². The summed E-state index contributed by atoms with van der Waals surface area (Å²) in [5, 5.41) is 8.73. The molecule has 3 aliphatic heterocycles. The van der Waals surface area contributed by atoms with Gasteiger partial charge in [-0.3, -0.25) is 9.59 Å². The van der Waals surface area contributed by atoms with Crippen molar-refractivity contribution in [3.05, 3.63) is 12.2 Å². The van der Waals surface area contributed by atoms with Crippen molar-refractivity contribution in [1.29, 1.82) is 0 Å². The van der Waals surface area contributed by atoms with E-state index in [4.69, 9.17) is 14.6 Å². The Balaban J connectivity index is 1.94. The number of cyclic esters (lactones) is 1. The van der Waals surface area contributed by atoms with Crippen molar-refractivity contribution in [2.24, 2.45) is 5.41 Å².